The van der Waals surface area contributed by atoms with E-state index in [4.69, 9.17) is 11.6 Å². The van der Waals surface area contributed by atoms with Gasteiger partial charge in [0, 0.05) is 43.8 Å². The lowest BCUT2D eigenvalue weighted by molar-refractivity contribution is -0.132. The number of halogens is 1. The Kier molecular flexibility index (Phi) is 6.21. The van der Waals surface area contributed by atoms with E-state index in [1.165, 1.54) is 18.3 Å². The fourth-order valence-electron chi connectivity index (χ4n) is 3.98. The van der Waals surface area contributed by atoms with Gasteiger partial charge < -0.3 is 20.4 Å². The van der Waals surface area contributed by atoms with E-state index < -0.39 is 6.04 Å². The van der Waals surface area contributed by atoms with Gasteiger partial charge >= 0.3 is 0 Å². The summed E-state index contributed by atoms with van der Waals surface area (Å²) in [5, 5.41) is 5.71. The Bertz CT molecular complexity index is 727. The Balaban J connectivity index is 1.61. The van der Waals surface area contributed by atoms with Crippen molar-refractivity contribution in [1.29, 1.82) is 0 Å². The number of nitrogens with zero attached hydrogens (tertiary/aromatic N) is 2. The minimum atomic E-state index is -0.683. The predicted octanol–water partition coefficient (Wildman–Crippen LogP) is 0.944. The molecule has 2 heterocycles. The van der Waals surface area contributed by atoms with E-state index in [1.54, 1.807) is 0 Å². The Morgan fingerprint density at radius 1 is 1.37 bits per heavy atom. The van der Waals surface area contributed by atoms with Gasteiger partial charge in [0.2, 0.25) is 18.2 Å². The number of fused-ring (bicyclic) bond motifs is 3. The maximum atomic E-state index is 12.7. The van der Waals surface area contributed by atoms with Gasteiger partial charge in [0.05, 0.1) is 6.04 Å². The number of carbonyl (C=O) groups is 3. The van der Waals surface area contributed by atoms with Crippen LogP contribution >= 0.6 is 11.6 Å². The Morgan fingerprint density at radius 2 is 2.19 bits per heavy atom. The number of hydrogen-bond donors (Lipinski definition) is 2. The molecule has 0 aromatic heterocycles. The summed E-state index contributed by atoms with van der Waals surface area (Å²) in [6.45, 7) is 2.26. The summed E-state index contributed by atoms with van der Waals surface area (Å²) in [5.74, 6) is -0.271. The molecule has 3 rings (SSSR count). The summed E-state index contributed by atoms with van der Waals surface area (Å²) in [5.41, 5.74) is 2.45. The van der Waals surface area contributed by atoms with Crippen molar-refractivity contribution in [2.45, 2.75) is 37.8 Å². The van der Waals surface area contributed by atoms with Crippen molar-refractivity contribution in [1.82, 2.24) is 15.5 Å². The molecule has 7 nitrogen and oxygen atoms in total. The minimum Gasteiger partial charge on any atom is -0.366 e. The highest BCUT2D eigenvalue weighted by atomic mass is 35.5. The van der Waals surface area contributed by atoms with Gasteiger partial charge in [-0.2, -0.15) is 0 Å². The highest BCUT2D eigenvalue weighted by molar-refractivity contribution is 6.30. The van der Waals surface area contributed by atoms with Gasteiger partial charge in [-0.15, -0.1) is 0 Å². The van der Waals surface area contributed by atoms with Gasteiger partial charge in [-0.3, -0.25) is 14.4 Å². The highest BCUT2D eigenvalue weighted by Crippen LogP contribution is 2.35. The minimum absolute atomic E-state index is 0.0208. The van der Waals surface area contributed by atoms with Gasteiger partial charge in [0.25, 0.3) is 0 Å². The molecule has 0 radical (unpaired) electrons. The molecule has 0 aliphatic carbocycles. The van der Waals surface area contributed by atoms with E-state index in [0.717, 1.165) is 24.4 Å². The lowest BCUT2D eigenvalue weighted by Crippen LogP contribution is -2.44. The largest absolute Gasteiger partial charge is 0.366 e. The lowest BCUT2D eigenvalue weighted by atomic mass is 10.1. The van der Waals surface area contributed by atoms with E-state index in [9.17, 15) is 14.4 Å². The molecule has 2 aliphatic rings. The fourth-order valence-corrected chi connectivity index (χ4v) is 4.15. The number of benzene rings is 1. The van der Waals surface area contributed by atoms with Crippen molar-refractivity contribution in [3.8, 4) is 0 Å². The fraction of sp³-hybridized carbons (Fsp3) is 0.526. The molecule has 3 amide bonds. The zero-order valence-electron chi connectivity index (χ0n) is 15.4. The number of amides is 3. The molecule has 0 bridgehead atoms. The summed E-state index contributed by atoms with van der Waals surface area (Å²) in [7, 11) is 1.51. The van der Waals surface area contributed by atoms with E-state index >= 15 is 0 Å². The molecule has 1 fully saturated rings. The molecule has 27 heavy (non-hydrogen) atoms. The number of carbonyl (C=O) groups excluding carboxylic acids is 3. The van der Waals surface area contributed by atoms with Crippen LogP contribution in [0.4, 0.5) is 5.69 Å². The van der Waals surface area contributed by atoms with Crippen LogP contribution in [-0.4, -0.2) is 61.9 Å². The first-order valence-corrected chi connectivity index (χ1v) is 9.65. The average molecular weight is 393 g/mol. The second-order valence-electron chi connectivity index (χ2n) is 7.01. The smallest absolute Gasteiger partial charge is 0.242 e. The Morgan fingerprint density at radius 3 is 2.93 bits per heavy atom. The number of anilines is 1. The van der Waals surface area contributed by atoms with E-state index in [-0.39, 0.29) is 30.7 Å². The van der Waals surface area contributed by atoms with E-state index in [1.807, 2.05) is 17.0 Å². The van der Waals surface area contributed by atoms with Crippen LogP contribution in [0.15, 0.2) is 18.2 Å². The van der Waals surface area contributed by atoms with Crippen LogP contribution in [0.5, 0.6) is 0 Å². The van der Waals surface area contributed by atoms with E-state index in [0.29, 0.717) is 19.5 Å². The van der Waals surface area contributed by atoms with Crippen LogP contribution in [0.25, 0.3) is 0 Å². The number of rotatable bonds is 6. The van der Waals surface area contributed by atoms with Gasteiger partial charge in [0.1, 0.15) is 6.04 Å². The zero-order valence-corrected chi connectivity index (χ0v) is 16.2. The summed E-state index contributed by atoms with van der Waals surface area (Å²) in [6.07, 6.45) is 2.81. The predicted molar refractivity (Wildman–Crippen MR) is 104 cm³/mol. The van der Waals surface area contributed by atoms with Gasteiger partial charge in [-0.1, -0.05) is 17.7 Å². The Labute approximate surface area is 164 Å². The first-order valence-electron chi connectivity index (χ1n) is 9.27. The van der Waals surface area contributed by atoms with Crippen LogP contribution in [0, 0.1) is 0 Å². The summed E-state index contributed by atoms with van der Waals surface area (Å²) < 4.78 is 0. The molecule has 1 saturated heterocycles. The quantitative estimate of drug-likeness (QED) is 0.706. The van der Waals surface area contributed by atoms with Crippen molar-refractivity contribution < 1.29 is 14.4 Å². The Hall–Kier alpha value is -2.28. The van der Waals surface area contributed by atoms with Crippen molar-refractivity contribution in [2.24, 2.45) is 0 Å². The van der Waals surface area contributed by atoms with Crippen LogP contribution in [0.3, 0.4) is 0 Å². The molecule has 0 spiro atoms. The topological polar surface area (TPSA) is 81.8 Å². The monoisotopic (exact) mass is 392 g/mol. The highest BCUT2D eigenvalue weighted by Gasteiger charge is 2.34. The second kappa shape index (κ2) is 8.61. The molecule has 2 N–H and O–H groups in total. The van der Waals surface area contributed by atoms with Gasteiger partial charge in [-0.25, -0.2) is 0 Å². The number of likely N-dealkylation sites (N-methyl/N-ethyl adjacent to an activating group) is 1. The van der Waals surface area contributed by atoms with Crippen LogP contribution in [-0.2, 0) is 20.8 Å². The van der Waals surface area contributed by atoms with Crippen LogP contribution < -0.4 is 15.5 Å². The van der Waals surface area contributed by atoms with Crippen LogP contribution in [0.2, 0.25) is 5.02 Å². The standard InChI is InChI=1S/C19H25ClN4O3/c1-21-19(27)16(22-12-25)5-6-18(26)23-7-2-8-24-15(11-23)9-13-3-4-14(20)10-17(13)24/h3-4,10,12,15-16H,2,5-9,11H2,1H3,(H,21,27)(H,22,25). The van der Waals surface area contributed by atoms with Crippen molar-refractivity contribution in [3.63, 3.8) is 0 Å². The van der Waals surface area contributed by atoms with E-state index in [2.05, 4.69) is 21.6 Å². The van der Waals surface area contributed by atoms with Gasteiger partial charge in [-0.05, 0) is 37.0 Å². The van der Waals surface area contributed by atoms with Crippen LogP contribution in [0.1, 0.15) is 24.8 Å². The van der Waals surface area contributed by atoms with Gasteiger partial charge in [0.15, 0.2) is 0 Å². The molecule has 1 aromatic rings. The molecule has 0 saturated carbocycles. The molecular weight excluding hydrogens is 368 g/mol. The average Bonchev–Trinajstić information content (AvgIpc) is 2.86. The summed E-state index contributed by atoms with van der Waals surface area (Å²) in [4.78, 5) is 39.4. The second-order valence-corrected chi connectivity index (χ2v) is 7.44. The van der Waals surface area contributed by atoms with Crippen molar-refractivity contribution >= 4 is 35.5 Å². The van der Waals surface area contributed by atoms with Crippen molar-refractivity contribution in [2.75, 3.05) is 31.6 Å². The number of hydrogen-bond acceptors (Lipinski definition) is 4. The van der Waals surface area contributed by atoms with Crippen molar-refractivity contribution in [3.05, 3.63) is 28.8 Å². The molecule has 146 valence electrons. The first kappa shape index (κ1) is 19.5. The number of nitrogens with one attached hydrogen (secondary N) is 2. The molecular formula is C19H25ClN4O3. The lowest BCUT2D eigenvalue weighted by Gasteiger charge is -2.28. The SMILES string of the molecule is CNC(=O)C(CCC(=O)N1CCCN2c3cc(Cl)ccc3CC2C1)NC=O. The first-order chi connectivity index (χ1) is 13.0. The summed E-state index contributed by atoms with van der Waals surface area (Å²) in [6, 6.07) is 5.56. The molecule has 2 atom stereocenters. The molecule has 2 unspecified atom stereocenters. The maximum absolute atomic E-state index is 12.7. The zero-order chi connectivity index (χ0) is 19.4. The molecule has 2 aliphatic heterocycles. The summed E-state index contributed by atoms with van der Waals surface area (Å²) >= 11 is 6.15. The molecule has 8 heteroatoms. The third-order valence-corrected chi connectivity index (χ3v) is 5.58. The normalized spacial score (nSPS) is 19.6. The third kappa shape index (κ3) is 4.35. The molecule has 1 aromatic carbocycles. The third-order valence-electron chi connectivity index (χ3n) is 5.34. The maximum Gasteiger partial charge on any atom is 0.242 e.